The Labute approximate surface area is 102 Å². The molecule has 0 N–H and O–H groups in total. The summed E-state index contributed by atoms with van der Waals surface area (Å²) in [5.74, 6) is 0.249. The van der Waals surface area contributed by atoms with Gasteiger partial charge in [-0.05, 0) is 11.5 Å². The maximum Gasteiger partial charge on any atom is 0.329 e. The molecule has 0 unspecified atom stereocenters. The molecule has 3 heteroatoms. The zero-order valence-electron chi connectivity index (χ0n) is 10.6. The van der Waals surface area contributed by atoms with Crippen LogP contribution in [-0.4, -0.2) is 17.1 Å². The van der Waals surface area contributed by atoms with Gasteiger partial charge >= 0.3 is 5.97 Å². The van der Waals surface area contributed by atoms with Crippen molar-refractivity contribution in [1.82, 2.24) is 5.06 Å². The molecule has 92 valence electrons. The molecule has 1 aliphatic rings. The molecule has 1 saturated heterocycles. The minimum Gasteiger partial charge on any atom is -0.367 e. The number of hydroxylamine groups is 2. The highest BCUT2D eigenvalue weighted by Crippen LogP contribution is 2.29. The van der Waals surface area contributed by atoms with Gasteiger partial charge in [-0.25, -0.2) is 4.79 Å². The Kier molecular flexibility index (Phi) is 3.48. The van der Waals surface area contributed by atoms with E-state index >= 15 is 0 Å². The van der Waals surface area contributed by atoms with Crippen LogP contribution in [0.2, 0.25) is 0 Å². The van der Waals surface area contributed by atoms with Crippen molar-refractivity contribution < 1.29 is 9.63 Å². The molecule has 0 bridgehead atoms. The van der Waals surface area contributed by atoms with Gasteiger partial charge in [0.1, 0.15) is 0 Å². The second-order valence-electron chi connectivity index (χ2n) is 4.99. The molecule has 1 heterocycles. The molecule has 1 aliphatic heterocycles. The number of benzene rings is 1. The average Bonchev–Trinajstić information content (AvgIpc) is 2.56. The summed E-state index contributed by atoms with van der Waals surface area (Å²) in [5.41, 5.74) is 1.17. The molecule has 0 spiro atoms. The van der Waals surface area contributed by atoms with Crippen LogP contribution in [0, 0.1) is 11.8 Å². The van der Waals surface area contributed by atoms with E-state index in [1.54, 1.807) is 0 Å². The molecular formula is C14H19NO2. The topological polar surface area (TPSA) is 29.5 Å². The van der Waals surface area contributed by atoms with E-state index in [-0.39, 0.29) is 17.9 Å². The van der Waals surface area contributed by atoms with Crippen LogP contribution < -0.4 is 0 Å². The minimum atomic E-state index is -0.111. The first-order chi connectivity index (χ1) is 8.09. The fourth-order valence-electron chi connectivity index (χ4n) is 2.46. The monoisotopic (exact) mass is 233 g/mol. The van der Waals surface area contributed by atoms with Gasteiger partial charge < -0.3 is 4.84 Å². The van der Waals surface area contributed by atoms with E-state index in [9.17, 15) is 4.79 Å². The van der Waals surface area contributed by atoms with E-state index < -0.39 is 0 Å². The highest BCUT2D eigenvalue weighted by Gasteiger charge is 2.41. The molecule has 2 rings (SSSR count). The average molecular weight is 233 g/mol. The van der Waals surface area contributed by atoms with E-state index in [1.807, 2.05) is 42.3 Å². The molecule has 1 fully saturated rings. The minimum absolute atomic E-state index is 0.0429. The van der Waals surface area contributed by atoms with Gasteiger partial charge in [0.05, 0.1) is 18.5 Å². The highest BCUT2D eigenvalue weighted by atomic mass is 16.7. The molecule has 0 aromatic heterocycles. The second-order valence-corrected chi connectivity index (χ2v) is 4.99. The first kappa shape index (κ1) is 12.1. The number of hydrogen-bond donors (Lipinski definition) is 0. The first-order valence-electron chi connectivity index (χ1n) is 6.12. The van der Waals surface area contributed by atoms with Crippen molar-refractivity contribution in [2.75, 3.05) is 0 Å². The van der Waals surface area contributed by atoms with Crippen LogP contribution in [0.25, 0.3) is 0 Å². The predicted molar refractivity (Wildman–Crippen MR) is 65.9 cm³/mol. The van der Waals surface area contributed by atoms with Crippen molar-refractivity contribution in [3.05, 3.63) is 35.9 Å². The van der Waals surface area contributed by atoms with Gasteiger partial charge in [0, 0.05) is 0 Å². The lowest BCUT2D eigenvalue weighted by atomic mass is 9.92. The Morgan fingerprint density at radius 3 is 2.53 bits per heavy atom. The van der Waals surface area contributed by atoms with Crippen LogP contribution in [0.1, 0.15) is 26.3 Å². The van der Waals surface area contributed by atoms with Crippen molar-refractivity contribution >= 4 is 5.97 Å². The molecule has 3 nitrogen and oxygen atoms in total. The van der Waals surface area contributed by atoms with Crippen LogP contribution in [0.15, 0.2) is 30.3 Å². The predicted octanol–water partition coefficient (Wildman–Crippen LogP) is 2.62. The van der Waals surface area contributed by atoms with Gasteiger partial charge in [0.15, 0.2) is 0 Å². The van der Waals surface area contributed by atoms with Crippen LogP contribution in [-0.2, 0) is 16.2 Å². The summed E-state index contributed by atoms with van der Waals surface area (Å²) in [6, 6.07) is 10.3. The standard InChI is InChI=1S/C14H19NO2/c1-10(2)13-11(3)14(16)17-15(13)9-12-7-5-4-6-8-12/h4-8,10-11,13H,9H2,1-3H3/t11-,13+/m1/s1. The number of carbonyl (C=O) groups is 1. The quantitative estimate of drug-likeness (QED) is 0.803. The first-order valence-corrected chi connectivity index (χ1v) is 6.12. The van der Waals surface area contributed by atoms with Crippen molar-refractivity contribution in [3.8, 4) is 0 Å². The number of hydrogen-bond acceptors (Lipinski definition) is 3. The molecule has 0 aliphatic carbocycles. The van der Waals surface area contributed by atoms with Crippen LogP contribution in [0.5, 0.6) is 0 Å². The summed E-state index contributed by atoms with van der Waals surface area (Å²) in [6.07, 6.45) is 0. The van der Waals surface area contributed by atoms with E-state index in [2.05, 4.69) is 13.8 Å². The second kappa shape index (κ2) is 4.88. The smallest absolute Gasteiger partial charge is 0.329 e. The van der Waals surface area contributed by atoms with E-state index in [1.165, 1.54) is 5.56 Å². The number of nitrogens with zero attached hydrogens (tertiary/aromatic N) is 1. The lowest BCUT2D eigenvalue weighted by molar-refractivity contribution is -0.180. The summed E-state index contributed by atoms with van der Waals surface area (Å²) in [6.45, 7) is 6.86. The van der Waals surface area contributed by atoms with Crippen molar-refractivity contribution in [2.24, 2.45) is 11.8 Å². The lowest BCUT2D eigenvalue weighted by Crippen LogP contribution is -2.35. The Balaban J connectivity index is 2.12. The molecular weight excluding hydrogens is 214 g/mol. The van der Waals surface area contributed by atoms with Gasteiger partial charge in [-0.1, -0.05) is 51.1 Å². The summed E-state index contributed by atoms with van der Waals surface area (Å²) in [7, 11) is 0. The van der Waals surface area contributed by atoms with E-state index in [4.69, 9.17) is 4.84 Å². The van der Waals surface area contributed by atoms with Crippen LogP contribution in [0.3, 0.4) is 0 Å². The summed E-state index contributed by atoms with van der Waals surface area (Å²) in [4.78, 5) is 17.0. The summed E-state index contributed by atoms with van der Waals surface area (Å²) >= 11 is 0. The van der Waals surface area contributed by atoms with E-state index in [0.717, 1.165) is 0 Å². The summed E-state index contributed by atoms with van der Waals surface area (Å²) in [5, 5.41) is 1.83. The molecule has 17 heavy (non-hydrogen) atoms. The van der Waals surface area contributed by atoms with Gasteiger partial charge in [0.2, 0.25) is 0 Å². The molecule has 0 saturated carbocycles. The fourth-order valence-corrected chi connectivity index (χ4v) is 2.46. The molecule has 0 amide bonds. The Hall–Kier alpha value is -1.35. The summed E-state index contributed by atoms with van der Waals surface area (Å²) < 4.78 is 0. The maximum atomic E-state index is 11.6. The third-order valence-corrected chi connectivity index (χ3v) is 3.29. The normalized spacial score (nSPS) is 25.3. The Morgan fingerprint density at radius 2 is 1.94 bits per heavy atom. The van der Waals surface area contributed by atoms with Gasteiger partial charge in [-0.3, -0.25) is 0 Å². The van der Waals surface area contributed by atoms with Crippen LogP contribution >= 0.6 is 0 Å². The maximum absolute atomic E-state index is 11.6. The zero-order chi connectivity index (χ0) is 12.4. The Bertz CT molecular complexity index is 388. The number of carbonyl (C=O) groups excluding carboxylic acids is 1. The van der Waals surface area contributed by atoms with Crippen molar-refractivity contribution in [2.45, 2.75) is 33.4 Å². The third kappa shape index (κ3) is 2.50. The Morgan fingerprint density at radius 1 is 1.29 bits per heavy atom. The SMILES string of the molecule is CC(C)[C@H]1[C@@H](C)C(=O)ON1Cc1ccccc1. The van der Waals surface area contributed by atoms with Gasteiger partial charge in [-0.2, -0.15) is 0 Å². The lowest BCUT2D eigenvalue weighted by Gasteiger charge is -2.25. The van der Waals surface area contributed by atoms with E-state index in [0.29, 0.717) is 12.5 Å². The molecule has 1 aromatic rings. The van der Waals surface area contributed by atoms with Gasteiger partial charge in [0.25, 0.3) is 0 Å². The fraction of sp³-hybridized carbons (Fsp3) is 0.500. The number of rotatable bonds is 3. The van der Waals surface area contributed by atoms with Crippen molar-refractivity contribution in [1.29, 1.82) is 0 Å². The largest absolute Gasteiger partial charge is 0.367 e. The van der Waals surface area contributed by atoms with Crippen molar-refractivity contribution in [3.63, 3.8) is 0 Å². The van der Waals surface area contributed by atoms with Crippen LogP contribution in [0.4, 0.5) is 0 Å². The highest BCUT2D eigenvalue weighted by molar-refractivity contribution is 5.74. The molecule has 0 radical (unpaired) electrons. The molecule has 1 aromatic carbocycles. The third-order valence-electron chi connectivity index (χ3n) is 3.29. The molecule has 2 atom stereocenters. The zero-order valence-corrected chi connectivity index (χ0v) is 10.6. The van der Waals surface area contributed by atoms with Gasteiger partial charge in [-0.15, -0.1) is 5.06 Å².